The van der Waals surface area contributed by atoms with E-state index in [0.29, 0.717) is 6.04 Å². The molecule has 1 fully saturated rings. The van der Waals surface area contributed by atoms with Gasteiger partial charge < -0.3 is 15.2 Å². The first kappa shape index (κ1) is 19.7. The summed E-state index contributed by atoms with van der Waals surface area (Å²) < 4.78 is 2.09. The predicted octanol–water partition coefficient (Wildman–Crippen LogP) is 2.40. The minimum atomic E-state index is 0. The molecule has 25 heavy (non-hydrogen) atoms. The lowest BCUT2D eigenvalue weighted by Crippen LogP contribution is -2.40. The number of hydrogen-bond donors (Lipinski definition) is 2. The van der Waals surface area contributed by atoms with Crippen LogP contribution >= 0.6 is 24.0 Å². The molecule has 0 unspecified atom stereocenters. The van der Waals surface area contributed by atoms with Crippen LogP contribution in [0.1, 0.15) is 31.2 Å². The van der Waals surface area contributed by atoms with Crippen LogP contribution < -0.4 is 10.6 Å². The molecule has 2 aromatic rings. The van der Waals surface area contributed by atoms with Crippen LogP contribution in [0.15, 0.2) is 41.7 Å². The topological polar surface area (TPSA) is 67.1 Å². The Kier molecular flexibility index (Phi) is 8.17. The molecule has 1 saturated carbocycles. The molecule has 2 N–H and O–H groups in total. The van der Waals surface area contributed by atoms with Crippen LogP contribution in [0.2, 0.25) is 0 Å². The van der Waals surface area contributed by atoms with Crippen molar-refractivity contribution in [2.45, 2.75) is 45.2 Å². The van der Waals surface area contributed by atoms with Crippen molar-refractivity contribution in [2.75, 3.05) is 13.1 Å². The van der Waals surface area contributed by atoms with Crippen molar-refractivity contribution >= 4 is 29.9 Å². The Balaban J connectivity index is 0.00000225. The Morgan fingerprint density at radius 2 is 2.08 bits per heavy atom. The van der Waals surface area contributed by atoms with E-state index in [1.165, 1.54) is 18.4 Å². The van der Waals surface area contributed by atoms with Crippen molar-refractivity contribution in [2.24, 2.45) is 4.99 Å². The number of nitrogens with one attached hydrogen (secondary N) is 2. The van der Waals surface area contributed by atoms with Crippen LogP contribution in [0.4, 0.5) is 0 Å². The lowest BCUT2D eigenvalue weighted by molar-refractivity contribution is 0.631. The summed E-state index contributed by atoms with van der Waals surface area (Å²) in [4.78, 5) is 4.71. The second-order valence-corrected chi connectivity index (χ2v) is 6.11. The maximum Gasteiger partial charge on any atom is 0.191 e. The lowest BCUT2D eigenvalue weighted by atomic mass is 10.2. The first-order valence-electron chi connectivity index (χ1n) is 8.80. The van der Waals surface area contributed by atoms with E-state index < -0.39 is 0 Å². The molecule has 0 aliphatic heterocycles. The molecular formula is C18H27IN6. The Labute approximate surface area is 166 Å². The number of guanidine groups is 1. The van der Waals surface area contributed by atoms with Crippen molar-refractivity contribution in [3.05, 3.63) is 48.0 Å². The fourth-order valence-electron chi connectivity index (χ4n) is 2.55. The van der Waals surface area contributed by atoms with Crippen molar-refractivity contribution < 1.29 is 0 Å². The zero-order valence-corrected chi connectivity index (χ0v) is 17.0. The summed E-state index contributed by atoms with van der Waals surface area (Å²) in [5.41, 5.74) is 1.32. The molecule has 6 nitrogen and oxygen atoms in total. The molecule has 1 aromatic heterocycles. The maximum absolute atomic E-state index is 4.71. The Hall–Kier alpha value is -1.64. The average Bonchev–Trinajstić information content (AvgIpc) is 3.31. The number of benzene rings is 1. The lowest BCUT2D eigenvalue weighted by Gasteiger charge is -2.13. The van der Waals surface area contributed by atoms with Gasteiger partial charge in [-0.2, -0.15) is 0 Å². The molecule has 1 aliphatic rings. The van der Waals surface area contributed by atoms with E-state index in [0.717, 1.165) is 44.3 Å². The van der Waals surface area contributed by atoms with Crippen molar-refractivity contribution in [1.29, 1.82) is 0 Å². The summed E-state index contributed by atoms with van der Waals surface area (Å²) in [5, 5.41) is 15.0. The highest BCUT2D eigenvalue weighted by Crippen LogP contribution is 2.18. The van der Waals surface area contributed by atoms with E-state index in [1.807, 2.05) is 6.07 Å². The van der Waals surface area contributed by atoms with Crippen LogP contribution in [0.25, 0.3) is 0 Å². The third-order valence-electron chi connectivity index (χ3n) is 4.09. The molecule has 0 atom stereocenters. The van der Waals surface area contributed by atoms with Crippen molar-refractivity contribution in [3.63, 3.8) is 0 Å². The summed E-state index contributed by atoms with van der Waals surface area (Å²) in [6, 6.07) is 11.1. The monoisotopic (exact) mass is 454 g/mol. The fourth-order valence-corrected chi connectivity index (χ4v) is 2.55. The molecule has 0 spiro atoms. The fraction of sp³-hybridized carbons (Fsp3) is 0.500. The standard InChI is InChI=1S/C18H26N6.HI/c1-2-17-23-21-14-24(17)13-12-20-18(22-16-8-9-16)19-11-10-15-6-4-3-5-7-15;/h3-7,14,16H,2,8-13H2,1H3,(H2,19,20,22);1H. The van der Waals surface area contributed by atoms with E-state index in [2.05, 4.69) is 56.6 Å². The van der Waals surface area contributed by atoms with Gasteiger partial charge in [0.15, 0.2) is 5.96 Å². The molecule has 0 bridgehead atoms. The molecule has 136 valence electrons. The van der Waals surface area contributed by atoms with E-state index in [4.69, 9.17) is 4.99 Å². The Morgan fingerprint density at radius 3 is 2.80 bits per heavy atom. The molecule has 1 aliphatic carbocycles. The summed E-state index contributed by atoms with van der Waals surface area (Å²) in [6.07, 6.45) is 6.14. The number of nitrogens with zero attached hydrogens (tertiary/aromatic N) is 4. The van der Waals surface area contributed by atoms with Gasteiger partial charge in [-0.1, -0.05) is 37.3 Å². The molecule has 1 heterocycles. The quantitative estimate of drug-likeness (QED) is 0.365. The molecule has 0 saturated heterocycles. The summed E-state index contributed by atoms with van der Waals surface area (Å²) >= 11 is 0. The first-order chi connectivity index (χ1) is 11.8. The third kappa shape index (κ3) is 6.64. The van der Waals surface area contributed by atoms with E-state index >= 15 is 0 Å². The average molecular weight is 454 g/mol. The van der Waals surface area contributed by atoms with Gasteiger partial charge in [0.2, 0.25) is 0 Å². The number of halogens is 1. The number of aliphatic imine (C=N–C) groups is 1. The molecule has 1 aromatic carbocycles. The largest absolute Gasteiger partial charge is 0.355 e. The summed E-state index contributed by atoms with van der Waals surface area (Å²) in [7, 11) is 0. The van der Waals surface area contributed by atoms with Crippen LogP contribution in [0, 0.1) is 0 Å². The molecular weight excluding hydrogens is 427 g/mol. The summed E-state index contributed by atoms with van der Waals surface area (Å²) in [5.74, 6) is 1.94. The van der Waals surface area contributed by atoms with Crippen molar-refractivity contribution in [1.82, 2.24) is 25.4 Å². The predicted molar refractivity (Wildman–Crippen MR) is 111 cm³/mol. The van der Waals surface area contributed by atoms with Gasteiger partial charge in [0.25, 0.3) is 0 Å². The third-order valence-corrected chi connectivity index (χ3v) is 4.09. The highest BCUT2D eigenvalue weighted by molar-refractivity contribution is 14.0. The van der Waals surface area contributed by atoms with Gasteiger partial charge in [-0.05, 0) is 24.8 Å². The van der Waals surface area contributed by atoms with Gasteiger partial charge in [-0.25, -0.2) is 0 Å². The van der Waals surface area contributed by atoms with Gasteiger partial charge >= 0.3 is 0 Å². The molecule has 0 amide bonds. The van der Waals surface area contributed by atoms with Gasteiger partial charge in [0, 0.05) is 32.1 Å². The number of aromatic nitrogens is 3. The van der Waals surface area contributed by atoms with Crippen molar-refractivity contribution in [3.8, 4) is 0 Å². The SMILES string of the molecule is CCc1nncn1CCNC(=NCCc1ccccc1)NC1CC1.I. The van der Waals surface area contributed by atoms with Crippen LogP contribution in [-0.4, -0.2) is 39.9 Å². The number of aryl methyl sites for hydroxylation is 1. The highest BCUT2D eigenvalue weighted by Gasteiger charge is 2.22. The highest BCUT2D eigenvalue weighted by atomic mass is 127. The Bertz CT molecular complexity index is 651. The summed E-state index contributed by atoms with van der Waals surface area (Å²) in [6.45, 7) is 4.55. The zero-order valence-electron chi connectivity index (χ0n) is 14.7. The van der Waals surface area contributed by atoms with Crippen LogP contribution in [0.5, 0.6) is 0 Å². The minimum absolute atomic E-state index is 0. The van der Waals surface area contributed by atoms with Gasteiger partial charge in [-0.15, -0.1) is 34.2 Å². The zero-order chi connectivity index (χ0) is 16.6. The second kappa shape index (κ2) is 10.4. The van der Waals surface area contributed by atoms with E-state index in [1.54, 1.807) is 6.33 Å². The smallest absolute Gasteiger partial charge is 0.191 e. The second-order valence-electron chi connectivity index (χ2n) is 6.11. The minimum Gasteiger partial charge on any atom is -0.355 e. The molecule has 3 rings (SSSR count). The Morgan fingerprint density at radius 1 is 1.28 bits per heavy atom. The van der Waals surface area contributed by atoms with E-state index in [-0.39, 0.29) is 24.0 Å². The number of rotatable bonds is 8. The van der Waals surface area contributed by atoms with Crippen LogP contribution in [-0.2, 0) is 19.4 Å². The molecule has 7 heteroatoms. The normalized spacial score (nSPS) is 14.0. The van der Waals surface area contributed by atoms with Crippen LogP contribution in [0.3, 0.4) is 0 Å². The first-order valence-corrected chi connectivity index (χ1v) is 8.80. The number of hydrogen-bond acceptors (Lipinski definition) is 3. The van der Waals surface area contributed by atoms with Gasteiger partial charge in [0.05, 0.1) is 0 Å². The van der Waals surface area contributed by atoms with Gasteiger partial charge in [0.1, 0.15) is 12.2 Å². The molecule has 0 radical (unpaired) electrons. The van der Waals surface area contributed by atoms with Gasteiger partial charge in [-0.3, -0.25) is 4.99 Å². The van der Waals surface area contributed by atoms with E-state index in [9.17, 15) is 0 Å². The maximum atomic E-state index is 4.71.